The molecule has 2 heterocycles. The Labute approximate surface area is 152 Å². The number of aliphatic imine (C=N–C) groups is 1. The molecule has 8 heteroatoms. The molecule has 0 spiro atoms. The summed E-state index contributed by atoms with van der Waals surface area (Å²) in [4.78, 5) is 18.3. The van der Waals surface area contributed by atoms with Crippen LogP contribution in [0.3, 0.4) is 0 Å². The molecule has 0 saturated heterocycles. The number of halogens is 1. The molecule has 136 valence electrons. The van der Waals surface area contributed by atoms with Crippen molar-refractivity contribution in [3.8, 4) is 0 Å². The van der Waals surface area contributed by atoms with Crippen molar-refractivity contribution in [1.29, 1.82) is 0 Å². The van der Waals surface area contributed by atoms with Gasteiger partial charge in [-0.1, -0.05) is 11.6 Å². The molecule has 0 atom stereocenters. The average Bonchev–Trinajstić information content (AvgIpc) is 3.19. The van der Waals surface area contributed by atoms with Crippen LogP contribution in [-0.4, -0.2) is 41.5 Å². The zero-order chi connectivity index (χ0) is 18.2. The van der Waals surface area contributed by atoms with Crippen molar-refractivity contribution < 1.29 is 9.21 Å². The molecule has 1 amide bonds. The third kappa shape index (κ3) is 5.86. The molecule has 0 aromatic carbocycles. The normalized spacial score (nSPS) is 11.4. The van der Waals surface area contributed by atoms with E-state index in [1.54, 1.807) is 12.3 Å². The number of hydrogen-bond acceptors (Lipinski definition) is 3. The lowest BCUT2D eigenvalue weighted by atomic mass is 10.4. The van der Waals surface area contributed by atoms with Gasteiger partial charge in [0.2, 0.25) is 5.91 Å². The Morgan fingerprint density at radius 2 is 2.24 bits per heavy atom. The van der Waals surface area contributed by atoms with E-state index in [4.69, 9.17) is 16.0 Å². The van der Waals surface area contributed by atoms with Crippen LogP contribution in [0.5, 0.6) is 0 Å². The van der Waals surface area contributed by atoms with Crippen LogP contribution in [0.15, 0.2) is 40.1 Å². The maximum absolute atomic E-state index is 12.0. The monoisotopic (exact) mass is 365 g/mol. The van der Waals surface area contributed by atoms with E-state index < -0.39 is 0 Å². The highest BCUT2D eigenvalue weighted by molar-refractivity contribution is 6.30. The Morgan fingerprint density at radius 1 is 1.44 bits per heavy atom. The van der Waals surface area contributed by atoms with E-state index >= 15 is 0 Å². The second kappa shape index (κ2) is 9.17. The van der Waals surface area contributed by atoms with E-state index in [0.717, 1.165) is 5.69 Å². The smallest absolute Gasteiger partial charge is 0.242 e. The third-order valence-electron chi connectivity index (χ3n) is 3.58. The van der Waals surface area contributed by atoms with Gasteiger partial charge in [-0.25, -0.2) is 4.99 Å². The Balaban J connectivity index is 1.92. The van der Waals surface area contributed by atoms with Crippen LogP contribution in [-0.2, 0) is 24.9 Å². The van der Waals surface area contributed by atoms with Gasteiger partial charge in [0.15, 0.2) is 5.96 Å². The van der Waals surface area contributed by atoms with Gasteiger partial charge < -0.3 is 24.5 Å². The fourth-order valence-electron chi connectivity index (χ4n) is 2.31. The Morgan fingerprint density at radius 3 is 2.84 bits per heavy atom. The lowest BCUT2D eigenvalue weighted by molar-refractivity contribution is -0.119. The van der Waals surface area contributed by atoms with Gasteiger partial charge in [-0.3, -0.25) is 4.79 Å². The third-order valence-corrected chi connectivity index (χ3v) is 3.79. The van der Waals surface area contributed by atoms with E-state index in [-0.39, 0.29) is 12.5 Å². The summed E-state index contributed by atoms with van der Waals surface area (Å²) in [6.45, 7) is 3.73. The van der Waals surface area contributed by atoms with E-state index in [2.05, 4.69) is 15.6 Å². The summed E-state index contributed by atoms with van der Waals surface area (Å²) in [6, 6.07) is 5.51. The van der Waals surface area contributed by atoms with Crippen LogP contribution in [0.1, 0.15) is 18.4 Å². The molecule has 2 aromatic rings. The summed E-state index contributed by atoms with van der Waals surface area (Å²) in [5, 5.41) is 6.66. The predicted octanol–water partition coefficient (Wildman–Crippen LogP) is 1.99. The Kier molecular flexibility index (Phi) is 6.94. The molecule has 25 heavy (non-hydrogen) atoms. The van der Waals surface area contributed by atoms with Crippen molar-refractivity contribution in [2.75, 3.05) is 20.1 Å². The second-order valence-electron chi connectivity index (χ2n) is 5.64. The number of hydrogen-bond donors (Lipinski definition) is 2. The van der Waals surface area contributed by atoms with Crippen LogP contribution in [0.2, 0.25) is 5.02 Å². The number of nitrogens with zero attached hydrogens (tertiary/aromatic N) is 3. The summed E-state index contributed by atoms with van der Waals surface area (Å²) in [7, 11) is 3.87. The van der Waals surface area contributed by atoms with Gasteiger partial charge in [0.25, 0.3) is 0 Å². The summed E-state index contributed by atoms with van der Waals surface area (Å²) in [6.07, 6.45) is 3.44. The highest BCUT2D eigenvalue weighted by Gasteiger charge is 2.10. The van der Waals surface area contributed by atoms with Gasteiger partial charge in [0.1, 0.15) is 12.3 Å². The Hall–Kier alpha value is -2.41. The number of guanidine groups is 1. The van der Waals surface area contributed by atoms with Crippen LogP contribution >= 0.6 is 11.6 Å². The highest BCUT2D eigenvalue weighted by atomic mass is 35.5. The van der Waals surface area contributed by atoms with E-state index in [1.807, 2.05) is 48.8 Å². The lowest BCUT2D eigenvalue weighted by Gasteiger charge is -2.22. The van der Waals surface area contributed by atoms with Gasteiger partial charge in [-0.15, -0.1) is 0 Å². The molecule has 0 aliphatic rings. The molecule has 2 rings (SSSR count). The summed E-state index contributed by atoms with van der Waals surface area (Å²) in [5.41, 5.74) is 1.06. The number of carbonyl (C=O) groups excluding carboxylic acids is 1. The maximum atomic E-state index is 12.0. The molecule has 0 aliphatic heterocycles. The molecule has 7 nitrogen and oxygen atoms in total. The van der Waals surface area contributed by atoms with Gasteiger partial charge >= 0.3 is 0 Å². The average molecular weight is 366 g/mol. The maximum Gasteiger partial charge on any atom is 0.242 e. The minimum absolute atomic E-state index is 0.0429. The molecule has 0 saturated carbocycles. The first-order valence-electron chi connectivity index (χ1n) is 8.09. The number of amides is 1. The SMILES string of the molecule is CCNC(=NCC(=O)NCc1ccco1)N(C)Cc1cc(Cl)cn1C. The predicted molar refractivity (Wildman–Crippen MR) is 98.4 cm³/mol. The Bertz CT molecular complexity index is 709. The number of aromatic nitrogens is 1. The standard InChI is InChI=1S/C17H24ClN5O2/c1-4-19-17(23(3)12-14-8-13(18)11-22(14)2)21-10-16(24)20-9-15-6-5-7-25-15/h5-8,11H,4,9-10,12H2,1-3H3,(H,19,21)(H,20,24). The molecule has 0 fully saturated rings. The lowest BCUT2D eigenvalue weighted by Crippen LogP contribution is -2.39. The molecule has 0 unspecified atom stereocenters. The first-order valence-corrected chi connectivity index (χ1v) is 8.46. The quantitative estimate of drug-likeness (QED) is 0.581. The first-order chi connectivity index (χ1) is 12.0. The van der Waals surface area contributed by atoms with Crippen LogP contribution in [0, 0.1) is 0 Å². The highest BCUT2D eigenvalue weighted by Crippen LogP contribution is 2.14. The fourth-order valence-corrected chi connectivity index (χ4v) is 2.58. The van der Waals surface area contributed by atoms with Crippen molar-refractivity contribution in [1.82, 2.24) is 20.1 Å². The summed E-state index contributed by atoms with van der Waals surface area (Å²) in [5.74, 6) is 1.21. The van der Waals surface area contributed by atoms with Crippen molar-refractivity contribution in [2.45, 2.75) is 20.0 Å². The van der Waals surface area contributed by atoms with Crippen molar-refractivity contribution in [3.63, 3.8) is 0 Å². The topological polar surface area (TPSA) is 74.8 Å². The minimum atomic E-state index is -0.165. The van der Waals surface area contributed by atoms with Gasteiger partial charge in [-0.2, -0.15) is 0 Å². The number of furan rings is 1. The van der Waals surface area contributed by atoms with Crippen molar-refractivity contribution >= 4 is 23.5 Å². The van der Waals surface area contributed by atoms with Gasteiger partial charge in [0.05, 0.1) is 24.4 Å². The zero-order valence-electron chi connectivity index (χ0n) is 14.8. The van der Waals surface area contributed by atoms with Crippen LogP contribution in [0.25, 0.3) is 0 Å². The number of carbonyl (C=O) groups is 1. The van der Waals surface area contributed by atoms with Crippen molar-refractivity contribution in [3.05, 3.63) is 47.1 Å². The molecule has 0 radical (unpaired) electrons. The zero-order valence-corrected chi connectivity index (χ0v) is 15.5. The van der Waals surface area contributed by atoms with Gasteiger partial charge in [-0.05, 0) is 25.1 Å². The van der Waals surface area contributed by atoms with Crippen LogP contribution in [0.4, 0.5) is 0 Å². The molecular formula is C17H24ClN5O2. The summed E-state index contributed by atoms with van der Waals surface area (Å²) < 4.78 is 7.15. The number of nitrogens with one attached hydrogen (secondary N) is 2. The van der Waals surface area contributed by atoms with E-state index in [1.165, 1.54) is 0 Å². The molecule has 2 N–H and O–H groups in total. The van der Waals surface area contributed by atoms with Crippen LogP contribution < -0.4 is 10.6 Å². The van der Waals surface area contributed by atoms with Gasteiger partial charge in [0, 0.05) is 32.5 Å². The second-order valence-corrected chi connectivity index (χ2v) is 6.08. The minimum Gasteiger partial charge on any atom is -0.467 e. The summed E-state index contributed by atoms with van der Waals surface area (Å²) >= 11 is 6.02. The largest absolute Gasteiger partial charge is 0.467 e. The molecule has 0 bridgehead atoms. The number of rotatable bonds is 7. The molecule has 2 aromatic heterocycles. The molecule has 0 aliphatic carbocycles. The molecular weight excluding hydrogens is 342 g/mol. The van der Waals surface area contributed by atoms with Crippen molar-refractivity contribution in [2.24, 2.45) is 12.0 Å². The van der Waals surface area contributed by atoms with E-state index in [0.29, 0.717) is 36.4 Å². The fraction of sp³-hybridized carbons (Fsp3) is 0.412. The number of aryl methyl sites for hydroxylation is 1. The van der Waals surface area contributed by atoms with E-state index in [9.17, 15) is 4.79 Å². The first kappa shape index (κ1) is 18.9.